The van der Waals surface area contributed by atoms with E-state index in [9.17, 15) is 4.79 Å². The van der Waals surface area contributed by atoms with Crippen LogP contribution in [0.25, 0.3) is 32.7 Å². The smallest absolute Gasteiger partial charge is 0.264 e. The van der Waals surface area contributed by atoms with E-state index in [1.807, 2.05) is 47.5 Å². The third-order valence-corrected chi connectivity index (χ3v) is 8.74. The van der Waals surface area contributed by atoms with Gasteiger partial charge < -0.3 is 14.4 Å². The largest absolute Gasteiger partial charge is 0.496 e. The molecule has 0 bridgehead atoms. The molecular weight excluding hydrogens is 462 g/mol. The molecule has 7 rings (SSSR count). The van der Waals surface area contributed by atoms with Gasteiger partial charge in [-0.1, -0.05) is 12.1 Å². The van der Waals surface area contributed by atoms with E-state index in [0.29, 0.717) is 31.4 Å². The number of ether oxygens (including phenoxy) is 2. The molecule has 3 aliphatic heterocycles. The van der Waals surface area contributed by atoms with Gasteiger partial charge in [-0.15, -0.1) is 11.3 Å². The molecule has 35 heavy (non-hydrogen) atoms. The number of hydrogen-bond acceptors (Lipinski definition) is 6. The summed E-state index contributed by atoms with van der Waals surface area (Å²) in [5.41, 5.74) is 3.41. The van der Waals surface area contributed by atoms with Gasteiger partial charge in [0, 0.05) is 34.1 Å². The average Bonchev–Trinajstić information content (AvgIpc) is 3.71. The van der Waals surface area contributed by atoms with Crippen LogP contribution < -0.4 is 4.74 Å². The number of pyridine rings is 1. The Kier molecular flexibility index (Phi) is 4.74. The normalized spacial score (nSPS) is 22.5. The topological polar surface area (TPSA) is 80.3 Å². The summed E-state index contributed by atoms with van der Waals surface area (Å²) >= 11 is 1.51. The molecule has 0 saturated carbocycles. The lowest BCUT2D eigenvalue weighted by Crippen LogP contribution is -2.48. The molecule has 0 aliphatic carbocycles. The van der Waals surface area contributed by atoms with Gasteiger partial charge in [-0.25, -0.2) is 4.98 Å². The summed E-state index contributed by atoms with van der Waals surface area (Å²) in [5, 5.41) is 8.41. The highest BCUT2D eigenvalue weighted by molar-refractivity contribution is 7.17. The summed E-state index contributed by atoms with van der Waals surface area (Å²) in [5.74, 6) is 0.869. The molecule has 3 aromatic heterocycles. The number of nitrogens with one attached hydrogen (secondary N) is 1. The van der Waals surface area contributed by atoms with E-state index < -0.39 is 0 Å². The molecule has 0 radical (unpaired) electrons. The van der Waals surface area contributed by atoms with Gasteiger partial charge in [0.2, 0.25) is 0 Å². The number of methoxy groups -OCH3 is 1. The van der Waals surface area contributed by atoms with Crippen molar-refractivity contribution < 1.29 is 18.8 Å². The van der Waals surface area contributed by atoms with Crippen LogP contribution in [-0.4, -0.2) is 89.1 Å². The summed E-state index contributed by atoms with van der Waals surface area (Å²) in [6.45, 7) is 5.75. The Labute approximate surface area is 206 Å². The summed E-state index contributed by atoms with van der Waals surface area (Å²) in [7, 11) is 1.66. The van der Waals surface area contributed by atoms with Crippen molar-refractivity contribution in [3.63, 3.8) is 0 Å². The van der Waals surface area contributed by atoms with Crippen LogP contribution in [0.4, 0.5) is 0 Å². The van der Waals surface area contributed by atoms with Crippen LogP contribution in [-0.2, 0) is 4.74 Å². The van der Waals surface area contributed by atoms with E-state index in [2.05, 4.69) is 21.2 Å². The molecule has 3 saturated heterocycles. The number of aromatic amines is 1. The Morgan fingerprint density at radius 1 is 1.26 bits per heavy atom. The molecule has 178 valence electrons. The number of morpholine rings is 1. The van der Waals surface area contributed by atoms with E-state index in [0.717, 1.165) is 37.7 Å². The molecule has 2 unspecified atom stereocenters. The van der Waals surface area contributed by atoms with E-state index in [-0.39, 0.29) is 12.0 Å². The number of H-pyrrole nitrogens is 1. The van der Waals surface area contributed by atoms with Crippen molar-refractivity contribution in [1.29, 1.82) is 0 Å². The van der Waals surface area contributed by atoms with Crippen LogP contribution in [0.1, 0.15) is 9.67 Å². The van der Waals surface area contributed by atoms with Gasteiger partial charge in [0.25, 0.3) is 5.91 Å². The minimum absolute atomic E-state index is 0.0969. The second kappa shape index (κ2) is 7.87. The summed E-state index contributed by atoms with van der Waals surface area (Å²) in [6.07, 6.45) is 2.00. The van der Waals surface area contributed by atoms with Gasteiger partial charge in [0.1, 0.15) is 31.5 Å². The van der Waals surface area contributed by atoms with Crippen LogP contribution in [0.2, 0.25) is 0 Å². The summed E-state index contributed by atoms with van der Waals surface area (Å²) < 4.78 is 12.8. The fourth-order valence-electron chi connectivity index (χ4n) is 5.39. The highest BCUT2D eigenvalue weighted by Crippen LogP contribution is 2.44. The minimum Gasteiger partial charge on any atom is -0.496 e. The Morgan fingerprint density at radius 3 is 2.97 bits per heavy atom. The maximum Gasteiger partial charge on any atom is 0.264 e. The molecule has 1 spiro atoms. The van der Waals surface area contributed by atoms with Gasteiger partial charge in [-0.3, -0.25) is 14.4 Å². The summed E-state index contributed by atoms with van der Waals surface area (Å²) in [6, 6.07) is 14.5. The Hall–Kier alpha value is -3.27. The maximum atomic E-state index is 13.3. The molecule has 1 amide bonds. The number of para-hydroxylation sites is 1. The summed E-state index contributed by atoms with van der Waals surface area (Å²) in [4.78, 5) is 21.6. The predicted octanol–water partition coefficient (Wildman–Crippen LogP) is 3.42. The fourth-order valence-corrected chi connectivity index (χ4v) is 6.34. The molecule has 6 heterocycles. The first-order valence-electron chi connectivity index (χ1n) is 12.0. The van der Waals surface area contributed by atoms with E-state index in [4.69, 9.17) is 9.47 Å². The number of aromatic nitrogens is 3. The van der Waals surface area contributed by atoms with E-state index >= 15 is 0 Å². The number of fused-ring (bicyclic) bond motifs is 1. The van der Waals surface area contributed by atoms with E-state index in [1.54, 1.807) is 7.11 Å². The number of thiophene rings is 1. The molecule has 1 aromatic carbocycles. The van der Waals surface area contributed by atoms with Gasteiger partial charge in [-0.2, -0.15) is 5.10 Å². The number of quaternary nitrogens is 1. The molecule has 9 heteroatoms. The lowest BCUT2D eigenvalue weighted by atomic mass is 10.1. The number of rotatable bonds is 5. The van der Waals surface area contributed by atoms with Crippen molar-refractivity contribution >= 4 is 28.3 Å². The number of carbonyl (C=O) groups excluding carboxylic acids is 1. The highest BCUT2D eigenvalue weighted by Gasteiger charge is 2.68. The Balaban J connectivity index is 1.15. The standard InChI is InChI=1S/C26H25N5O3S/c1-33-20-5-3-2-4-17(20)24-18-12-16(13-27-25(18)29-28-24)22-6-7-23(35-22)26(32)30-8-11-34-21(14-30)19-15-31(19)9-10-31/h2-7,12-13,19,21H,8-11,14-15H2,1H3/p+1. The molecule has 3 fully saturated rings. The second-order valence-electron chi connectivity index (χ2n) is 9.63. The monoisotopic (exact) mass is 488 g/mol. The third kappa shape index (κ3) is 3.53. The van der Waals surface area contributed by atoms with Crippen LogP contribution in [0.5, 0.6) is 5.75 Å². The third-order valence-electron chi connectivity index (χ3n) is 7.62. The number of nitrogens with zero attached hydrogens (tertiary/aromatic N) is 4. The van der Waals surface area contributed by atoms with Crippen LogP contribution in [0, 0.1) is 0 Å². The van der Waals surface area contributed by atoms with Gasteiger partial charge >= 0.3 is 0 Å². The minimum atomic E-state index is 0.0969. The van der Waals surface area contributed by atoms with Gasteiger partial charge in [-0.05, 0) is 30.3 Å². The van der Waals surface area contributed by atoms with Gasteiger partial charge in [0.05, 0.1) is 30.8 Å². The first-order chi connectivity index (χ1) is 17.1. The highest BCUT2D eigenvalue weighted by atomic mass is 32.1. The fraction of sp³-hybridized carbons (Fsp3) is 0.346. The van der Waals surface area contributed by atoms with Crippen molar-refractivity contribution in [2.75, 3.05) is 46.4 Å². The van der Waals surface area contributed by atoms with Crippen LogP contribution >= 0.6 is 11.3 Å². The van der Waals surface area contributed by atoms with Crippen LogP contribution in [0.3, 0.4) is 0 Å². The molecule has 4 aromatic rings. The zero-order valence-corrected chi connectivity index (χ0v) is 20.3. The Morgan fingerprint density at radius 2 is 2.14 bits per heavy atom. The zero-order valence-electron chi connectivity index (χ0n) is 19.4. The number of amides is 1. The first-order valence-corrected chi connectivity index (χ1v) is 12.8. The molecule has 1 N–H and O–H groups in total. The molecular formula is C26H26N5O3S+. The van der Waals surface area contributed by atoms with Crippen molar-refractivity contribution in [1.82, 2.24) is 20.1 Å². The zero-order chi connectivity index (χ0) is 23.6. The van der Waals surface area contributed by atoms with Crippen molar-refractivity contribution in [3.8, 4) is 27.4 Å². The first kappa shape index (κ1) is 21.0. The van der Waals surface area contributed by atoms with Crippen molar-refractivity contribution in [2.45, 2.75) is 12.1 Å². The van der Waals surface area contributed by atoms with E-state index in [1.165, 1.54) is 35.5 Å². The lowest BCUT2D eigenvalue weighted by molar-refractivity contribution is -0.670. The quantitative estimate of drug-likeness (QED) is 0.344. The molecule has 2 atom stereocenters. The number of carbonyl (C=O) groups is 1. The SMILES string of the molecule is COc1ccccc1-c1[nH]nc2ncc(-c3ccc(C(=O)N4CCOC(C5C[N+]56CC6)C4)s3)cc12. The second-order valence-corrected chi connectivity index (χ2v) is 10.7. The average molecular weight is 489 g/mol. The lowest BCUT2D eigenvalue weighted by Gasteiger charge is -2.31. The maximum absolute atomic E-state index is 13.3. The predicted molar refractivity (Wildman–Crippen MR) is 133 cm³/mol. The van der Waals surface area contributed by atoms with Crippen LogP contribution in [0.15, 0.2) is 48.7 Å². The van der Waals surface area contributed by atoms with Gasteiger partial charge in [0.15, 0.2) is 11.7 Å². The van der Waals surface area contributed by atoms with Crippen molar-refractivity contribution in [2.24, 2.45) is 0 Å². The molecule has 8 nitrogen and oxygen atoms in total. The number of hydrogen-bond donors (Lipinski definition) is 1. The molecule has 3 aliphatic rings. The van der Waals surface area contributed by atoms with Crippen molar-refractivity contribution in [3.05, 3.63) is 53.5 Å². The number of benzene rings is 1. The Bertz CT molecular complexity index is 1440.